The number of benzene rings is 2. The zero-order valence-corrected chi connectivity index (χ0v) is 9.80. The van der Waals surface area contributed by atoms with E-state index in [1.54, 1.807) is 18.2 Å². The number of rotatable bonds is 2. The van der Waals surface area contributed by atoms with E-state index < -0.39 is 5.97 Å². The van der Waals surface area contributed by atoms with Gasteiger partial charge in [0.2, 0.25) is 0 Å². The van der Waals surface area contributed by atoms with E-state index in [4.69, 9.17) is 0 Å². The lowest BCUT2D eigenvalue weighted by Gasteiger charge is -1.97. The van der Waals surface area contributed by atoms with Crippen LogP contribution in [0.1, 0.15) is 22.8 Å². The second-order valence-electron chi connectivity index (χ2n) is 3.49. The molecule has 0 heterocycles. The SMILES string of the molecule is CCc1ccccc1.O=C([O-])c1ccccc1. The van der Waals surface area contributed by atoms with Crippen molar-refractivity contribution in [1.82, 2.24) is 0 Å². The van der Waals surface area contributed by atoms with Crippen molar-refractivity contribution in [3.05, 3.63) is 71.8 Å². The normalized spacial score (nSPS) is 9.00. The molecule has 0 saturated heterocycles. The molecule has 2 heteroatoms. The second-order valence-corrected chi connectivity index (χ2v) is 3.49. The van der Waals surface area contributed by atoms with E-state index in [0.717, 1.165) is 6.42 Å². The standard InChI is InChI=1S/C8H10.C7H6O2/c1-2-8-6-4-3-5-7-8;8-7(9)6-4-2-1-3-5-6/h3-7H,2H2,1H3;1-5H,(H,8,9)/p-1. The molecule has 17 heavy (non-hydrogen) atoms. The van der Waals surface area contributed by atoms with Gasteiger partial charge in [-0.25, -0.2) is 0 Å². The van der Waals surface area contributed by atoms with Crippen molar-refractivity contribution in [2.45, 2.75) is 13.3 Å². The molecule has 0 unspecified atom stereocenters. The molecular formula is C15H15O2-. The van der Waals surface area contributed by atoms with Crippen LogP contribution < -0.4 is 5.11 Å². The fourth-order valence-corrected chi connectivity index (χ4v) is 1.29. The number of carboxylic acid groups (broad SMARTS) is 1. The summed E-state index contributed by atoms with van der Waals surface area (Å²) in [7, 11) is 0. The topological polar surface area (TPSA) is 40.1 Å². The zero-order valence-electron chi connectivity index (χ0n) is 9.80. The van der Waals surface area contributed by atoms with Crippen LogP contribution in [0.5, 0.6) is 0 Å². The van der Waals surface area contributed by atoms with E-state index >= 15 is 0 Å². The molecule has 0 radical (unpaired) electrons. The number of carbonyl (C=O) groups excluding carboxylic acids is 1. The highest BCUT2D eigenvalue weighted by Gasteiger charge is 1.86. The summed E-state index contributed by atoms with van der Waals surface area (Å²) < 4.78 is 0. The first kappa shape index (κ1) is 13.0. The zero-order chi connectivity index (χ0) is 12.5. The van der Waals surface area contributed by atoms with E-state index in [0.29, 0.717) is 0 Å². The molecule has 2 aromatic carbocycles. The Morgan fingerprint density at radius 1 is 0.941 bits per heavy atom. The lowest BCUT2D eigenvalue weighted by molar-refractivity contribution is -0.255. The van der Waals surface area contributed by atoms with Gasteiger partial charge >= 0.3 is 0 Å². The third-order valence-electron chi connectivity index (χ3n) is 2.26. The Balaban J connectivity index is 0.000000171. The van der Waals surface area contributed by atoms with Crippen LogP contribution in [0.15, 0.2) is 60.7 Å². The minimum absolute atomic E-state index is 0.220. The van der Waals surface area contributed by atoms with Crippen LogP contribution in [0, 0.1) is 0 Å². The second kappa shape index (κ2) is 7.23. The minimum atomic E-state index is -1.13. The lowest BCUT2D eigenvalue weighted by Crippen LogP contribution is -2.21. The molecule has 0 aliphatic rings. The number of carbonyl (C=O) groups is 1. The minimum Gasteiger partial charge on any atom is -0.545 e. The maximum absolute atomic E-state index is 10.1. The highest BCUT2D eigenvalue weighted by atomic mass is 16.4. The van der Waals surface area contributed by atoms with E-state index in [9.17, 15) is 9.90 Å². The summed E-state index contributed by atoms with van der Waals surface area (Å²) in [6, 6.07) is 18.5. The van der Waals surface area contributed by atoms with Gasteiger partial charge in [-0.2, -0.15) is 0 Å². The van der Waals surface area contributed by atoms with E-state index in [1.807, 2.05) is 6.07 Å². The molecule has 88 valence electrons. The molecule has 0 aromatic heterocycles. The predicted octanol–water partition coefficient (Wildman–Crippen LogP) is 2.30. The van der Waals surface area contributed by atoms with Crippen molar-refractivity contribution in [3.8, 4) is 0 Å². The van der Waals surface area contributed by atoms with E-state index in [2.05, 4.69) is 31.2 Å². The Kier molecular flexibility index (Phi) is 5.52. The van der Waals surface area contributed by atoms with Gasteiger partial charge in [0.1, 0.15) is 0 Å². The van der Waals surface area contributed by atoms with Crippen LogP contribution in [0.2, 0.25) is 0 Å². The smallest absolute Gasteiger partial charge is 0.0715 e. The summed E-state index contributed by atoms with van der Waals surface area (Å²) >= 11 is 0. The molecule has 0 atom stereocenters. The molecule has 0 N–H and O–H groups in total. The number of aryl methyl sites for hydroxylation is 1. The summed E-state index contributed by atoms with van der Waals surface area (Å²) in [5.74, 6) is -1.13. The molecule has 0 aliphatic carbocycles. The Hall–Kier alpha value is -2.09. The summed E-state index contributed by atoms with van der Waals surface area (Å²) in [4.78, 5) is 10.1. The van der Waals surface area contributed by atoms with Crippen molar-refractivity contribution in [2.24, 2.45) is 0 Å². The van der Waals surface area contributed by atoms with Gasteiger partial charge in [-0.15, -0.1) is 0 Å². The van der Waals surface area contributed by atoms with Gasteiger partial charge in [-0.05, 0) is 17.5 Å². The molecule has 2 rings (SSSR count). The van der Waals surface area contributed by atoms with Crippen molar-refractivity contribution in [1.29, 1.82) is 0 Å². The molecule has 0 saturated carbocycles. The van der Waals surface area contributed by atoms with Gasteiger partial charge in [0.05, 0.1) is 5.97 Å². The third-order valence-corrected chi connectivity index (χ3v) is 2.26. The van der Waals surface area contributed by atoms with Crippen molar-refractivity contribution in [3.63, 3.8) is 0 Å². The van der Waals surface area contributed by atoms with Gasteiger partial charge in [0.25, 0.3) is 0 Å². The van der Waals surface area contributed by atoms with Gasteiger partial charge in [0.15, 0.2) is 0 Å². The Labute approximate surface area is 102 Å². The fourth-order valence-electron chi connectivity index (χ4n) is 1.29. The first-order valence-electron chi connectivity index (χ1n) is 5.54. The lowest BCUT2D eigenvalue weighted by atomic mass is 10.2. The number of aromatic carboxylic acids is 1. The molecule has 0 amide bonds. The van der Waals surface area contributed by atoms with Crippen LogP contribution >= 0.6 is 0 Å². The molecule has 2 nitrogen and oxygen atoms in total. The summed E-state index contributed by atoms with van der Waals surface area (Å²) in [6.07, 6.45) is 1.14. The van der Waals surface area contributed by atoms with Crippen LogP contribution in [0.25, 0.3) is 0 Å². The average Bonchev–Trinajstić information content (AvgIpc) is 2.41. The summed E-state index contributed by atoms with van der Waals surface area (Å²) in [6.45, 7) is 2.16. The van der Waals surface area contributed by atoms with Crippen LogP contribution in [0.4, 0.5) is 0 Å². The molecule has 0 bridgehead atoms. The predicted molar refractivity (Wildman–Crippen MR) is 66.6 cm³/mol. The maximum atomic E-state index is 10.1. The average molecular weight is 227 g/mol. The van der Waals surface area contributed by atoms with Crippen molar-refractivity contribution >= 4 is 5.97 Å². The van der Waals surface area contributed by atoms with Crippen LogP contribution in [0.3, 0.4) is 0 Å². The third kappa shape index (κ3) is 4.98. The molecule has 2 aromatic rings. The highest BCUT2D eigenvalue weighted by Crippen LogP contribution is 1.97. The quantitative estimate of drug-likeness (QED) is 0.789. The van der Waals surface area contributed by atoms with Gasteiger partial charge in [-0.1, -0.05) is 67.6 Å². The number of hydrogen-bond acceptors (Lipinski definition) is 2. The summed E-state index contributed by atoms with van der Waals surface area (Å²) in [5.41, 5.74) is 1.63. The van der Waals surface area contributed by atoms with E-state index in [-0.39, 0.29) is 5.56 Å². The first-order chi connectivity index (χ1) is 8.24. The van der Waals surface area contributed by atoms with Crippen LogP contribution in [-0.4, -0.2) is 5.97 Å². The maximum Gasteiger partial charge on any atom is 0.0715 e. The monoisotopic (exact) mass is 227 g/mol. The fraction of sp³-hybridized carbons (Fsp3) is 0.133. The Bertz CT molecular complexity index is 435. The number of carboxylic acids is 1. The molecule has 0 fully saturated rings. The summed E-state index contributed by atoms with van der Waals surface area (Å²) in [5, 5.41) is 10.1. The number of hydrogen-bond donors (Lipinski definition) is 0. The van der Waals surface area contributed by atoms with Gasteiger partial charge in [0, 0.05) is 0 Å². The van der Waals surface area contributed by atoms with Crippen molar-refractivity contribution in [2.75, 3.05) is 0 Å². The Morgan fingerprint density at radius 3 is 1.71 bits per heavy atom. The van der Waals surface area contributed by atoms with Gasteiger partial charge < -0.3 is 9.90 Å². The van der Waals surface area contributed by atoms with Crippen LogP contribution in [-0.2, 0) is 6.42 Å². The molecule has 0 aliphatic heterocycles. The molecule has 0 spiro atoms. The molecular weight excluding hydrogens is 212 g/mol. The Morgan fingerprint density at radius 2 is 1.41 bits per heavy atom. The first-order valence-corrected chi connectivity index (χ1v) is 5.54. The largest absolute Gasteiger partial charge is 0.545 e. The van der Waals surface area contributed by atoms with Gasteiger partial charge in [-0.3, -0.25) is 0 Å². The van der Waals surface area contributed by atoms with E-state index in [1.165, 1.54) is 17.7 Å². The van der Waals surface area contributed by atoms with Crippen molar-refractivity contribution < 1.29 is 9.90 Å². The highest BCUT2D eigenvalue weighted by molar-refractivity contribution is 5.85.